The minimum atomic E-state index is 0.00249. The van der Waals surface area contributed by atoms with Gasteiger partial charge < -0.3 is 5.73 Å². The van der Waals surface area contributed by atoms with Crippen LogP contribution in [-0.4, -0.2) is 22.5 Å². The first-order valence-corrected chi connectivity index (χ1v) is 32.5. The molecular formula is C84H66N4OS2. The highest BCUT2D eigenvalue weighted by atomic mass is 32.1. The van der Waals surface area contributed by atoms with E-state index < -0.39 is 0 Å². The maximum Gasteiger partial charge on any atom is 0.150 e. The zero-order valence-electron chi connectivity index (χ0n) is 51.7. The molecule has 91 heavy (non-hydrogen) atoms. The maximum atomic E-state index is 11.1. The summed E-state index contributed by atoms with van der Waals surface area (Å²) in [6, 6.07) is 93.4. The third kappa shape index (κ3) is 11.4. The summed E-state index contributed by atoms with van der Waals surface area (Å²) in [6.45, 7) is 13.6. The third-order valence-electron chi connectivity index (χ3n) is 17.3. The van der Waals surface area contributed by atoms with Crippen LogP contribution in [0.3, 0.4) is 0 Å². The summed E-state index contributed by atoms with van der Waals surface area (Å²) in [4.78, 5) is 26.6. The van der Waals surface area contributed by atoms with Crippen molar-refractivity contribution in [2.75, 3.05) is 5.73 Å². The van der Waals surface area contributed by atoms with Gasteiger partial charge in [0.05, 0.1) is 26.1 Å². The highest BCUT2D eigenvalue weighted by Gasteiger charge is 2.23. The van der Waals surface area contributed by atoms with Gasteiger partial charge in [0.1, 0.15) is 10.0 Å². The van der Waals surface area contributed by atoms with Crippen molar-refractivity contribution in [3.8, 4) is 43.4 Å². The smallest absolute Gasteiger partial charge is 0.150 e. The quantitative estimate of drug-likeness (QED) is 0.0746. The van der Waals surface area contributed by atoms with Crippen LogP contribution in [0.1, 0.15) is 68.6 Å². The number of aldehydes is 1. The SMILES string of the molecule is CC(C)(C)c1cc(-c2cccc3ccccc23)c2nc(-c3ccccc3N)sc2c1.CC(C)(C)c1cc(-c2cccc3ccccc23)c2nc(-c3ccccc3N=Cc3cc4ccccc4c4ccccc34)sc2c1.O=Cc1cc2ccccc2c2ccccc12. The molecule has 16 rings (SSSR count). The van der Waals surface area contributed by atoms with Crippen LogP contribution in [0, 0.1) is 0 Å². The summed E-state index contributed by atoms with van der Waals surface area (Å²) in [5, 5.41) is 16.3. The Balaban J connectivity index is 0.000000134. The summed E-state index contributed by atoms with van der Waals surface area (Å²) >= 11 is 3.47. The molecule has 0 saturated carbocycles. The predicted molar refractivity (Wildman–Crippen MR) is 393 cm³/mol. The van der Waals surface area contributed by atoms with Crippen molar-refractivity contribution < 1.29 is 4.79 Å². The van der Waals surface area contributed by atoms with E-state index in [1.807, 2.05) is 66.9 Å². The summed E-state index contributed by atoms with van der Waals surface area (Å²) in [6.07, 6.45) is 2.94. The van der Waals surface area contributed by atoms with Gasteiger partial charge in [0.15, 0.2) is 6.29 Å². The second-order valence-electron chi connectivity index (χ2n) is 25.3. The van der Waals surface area contributed by atoms with Crippen molar-refractivity contribution in [2.24, 2.45) is 4.99 Å². The molecule has 0 radical (unpaired) electrons. The Labute approximate surface area is 538 Å². The standard InChI is InChI=1S/C42H32N2S.C27H24N2S.C15H10O/c1-42(2,3)30-24-37(35-21-12-15-27-13-4-6-16-31(27)35)40-39(25-30)45-41(44-40)36-20-10-11-22-38(36)43-26-29-23-28-14-5-7-17-32(28)34-19-9-8-18-33(29)34;1-27(2,3)18-15-22(20-13-8-10-17-9-4-5-11-19(17)20)25-24(16-18)30-26(29-25)21-12-6-7-14-23(21)28;16-10-12-9-11-5-1-2-6-13(11)15-8-4-3-7-14(12)15/h4-26H,1-3H3;4-16H,28H2,1-3H3;1-10H. The van der Waals surface area contributed by atoms with E-state index in [9.17, 15) is 4.79 Å². The van der Waals surface area contributed by atoms with Gasteiger partial charge in [0.25, 0.3) is 0 Å². The van der Waals surface area contributed by atoms with Crippen LogP contribution in [0.4, 0.5) is 11.4 Å². The van der Waals surface area contributed by atoms with Crippen LogP contribution in [0.15, 0.2) is 272 Å². The maximum absolute atomic E-state index is 11.1. The number of carbonyl (C=O) groups excluding carboxylic acids is 1. The molecule has 0 fully saturated rings. The molecule has 0 aliphatic rings. The lowest BCUT2D eigenvalue weighted by Gasteiger charge is -2.20. The van der Waals surface area contributed by atoms with E-state index in [0.29, 0.717) is 0 Å². The number of nitrogen functional groups attached to an aromatic ring is 1. The van der Waals surface area contributed by atoms with Crippen molar-refractivity contribution >= 4 is 132 Å². The average molecular weight is 1210 g/mol. The fraction of sp³-hybridized carbons (Fsp3) is 0.0952. The van der Waals surface area contributed by atoms with Crippen LogP contribution in [0.25, 0.3) is 128 Å². The molecule has 2 heterocycles. The molecule has 0 spiro atoms. The first-order valence-electron chi connectivity index (χ1n) is 30.9. The van der Waals surface area contributed by atoms with E-state index in [2.05, 4.69) is 248 Å². The number of nitrogens with two attached hydrogens (primary N) is 1. The van der Waals surface area contributed by atoms with Crippen LogP contribution < -0.4 is 5.73 Å². The summed E-state index contributed by atoms with van der Waals surface area (Å²) in [5.41, 5.74) is 21.4. The Morgan fingerprint density at radius 3 is 1.22 bits per heavy atom. The summed E-state index contributed by atoms with van der Waals surface area (Å²) < 4.78 is 2.39. The van der Waals surface area contributed by atoms with Crippen molar-refractivity contribution in [3.05, 3.63) is 289 Å². The van der Waals surface area contributed by atoms with E-state index in [4.69, 9.17) is 20.7 Å². The zero-order valence-corrected chi connectivity index (χ0v) is 53.3. The molecule has 440 valence electrons. The van der Waals surface area contributed by atoms with E-state index in [1.165, 1.54) is 91.3 Å². The number of para-hydroxylation sites is 2. The zero-order chi connectivity index (χ0) is 62.4. The van der Waals surface area contributed by atoms with Gasteiger partial charge in [0.2, 0.25) is 0 Å². The Kier molecular flexibility index (Phi) is 15.5. The van der Waals surface area contributed by atoms with Crippen LogP contribution in [0.5, 0.6) is 0 Å². The average Bonchev–Trinajstić information content (AvgIpc) is 2.26. The number of thiazole rings is 2. The molecule has 0 unspecified atom stereocenters. The fourth-order valence-electron chi connectivity index (χ4n) is 12.5. The molecule has 5 nitrogen and oxygen atoms in total. The minimum absolute atomic E-state index is 0.00249. The number of fused-ring (bicyclic) bond motifs is 10. The van der Waals surface area contributed by atoms with E-state index >= 15 is 0 Å². The van der Waals surface area contributed by atoms with E-state index in [0.717, 1.165) is 77.1 Å². The topological polar surface area (TPSA) is 81.2 Å². The number of hydrogen-bond acceptors (Lipinski definition) is 7. The lowest BCUT2D eigenvalue weighted by Crippen LogP contribution is -2.11. The predicted octanol–water partition coefficient (Wildman–Crippen LogP) is 23.6. The van der Waals surface area contributed by atoms with E-state index in [1.54, 1.807) is 22.7 Å². The molecule has 2 N–H and O–H groups in total. The van der Waals surface area contributed by atoms with Crippen molar-refractivity contribution in [2.45, 2.75) is 52.4 Å². The first kappa shape index (κ1) is 58.3. The highest BCUT2D eigenvalue weighted by molar-refractivity contribution is 7.22. The molecule has 0 saturated heterocycles. The van der Waals surface area contributed by atoms with Gasteiger partial charge in [-0.15, -0.1) is 22.7 Å². The number of aliphatic imine (C=N–C) groups is 1. The highest BCUT2D eigenvalue weighted by Crippen LogP contribution is 2.45. The summed E-state index contributed by atoms with van der Waals surface area (Å²) in [5.74, 6) is 0. The van der Waals surface area contributed by atoms with Gasteiger partial charge >= 0.3 is 0 Å². The molecule has 0 aliphatic heterocycles. The van der Waals surface area contributed by atoms with Crippen molar-refractivity contribution in [3.63, 3.8) is 0 Å². The monoisotopic (exact) mass is 1210 g/mol. The Morgan fingerprint density at radius 1 is 0.352 bits per heavy atom. The Morgan fingerprint density at radius 2 is 0.725 bits per heavy atom. The molecule has 0 atom stereocenters. The van der Waals surface area contributed by atoms with Crippen molar-refractivity contribution in [1.29, 1.82) is 0 Å². The van der Waals surface area contributed by atoms with Crippen LogP contribution in [0.2, 0.25) is 0 Å². The summed E-state index contributed by atoms with van der Waals surface area (Å²) in [7, 11) is 0. The van der Waals surface area contributed by atoms with Gasteiger partial charge in [-0.3, -0.25) is 9.79 Å². The van der Waals surface area contributed by atoms with Gasteiger partial charge in [-0.1, -0.05) is 248 Å². The van der Waals surface area contributed by atoms with Gasteiger partial charge in [0, 0.05) is 45.3 Å². The number of carbonyl (C=O) groups is 1. The molecule has 16 aromatic rings. The molecule has 7 heteroatoms. The first-order chi connectivity index (χ1) is 44.2. The lowest BCUT2D eigenvalue weighted by atomic mass is 9.84. The molecule has 0 aliphatic carbocycles. The fourth-order valence-corrected chi connectivity index (χ4v) is 14.6. The van der Waals surface area contributed by atoms with Crippen LogP contribution >= 0.6 is 22.7 Å². The second-order valence-corrected chi connectivity index (χ2v) is 27.3. The largest absolute Gasteiger partial charge is 0.398 e. The van der Waals surface area contributed by atoms with Crippen molar-refractivity contribution in [1.82, 2.24) is 9.97 Å². The Bertz CT molecular complexity index is 5490. The lowest BCUT2D eigenvalue weighted by molar-refractivity contribution is 0.112. The third-order valence-corrected chi connectivity index (χ3v) is 19.3. The normalized spacial score (nSPS) is 11.9. The van der Waals surface area contributed by atoms with Gasteiger partial charge in [-0.25, -0.2) is 9.97 Å². The number of anilines is 1. The number of rotatable bonds is 7. The number of benzene rings is 14. The molecule has 14 aromatic carbocycles. The molecule has 0 amide bonds. The van der Waals surface area contributed by atoms with Crippen LogP contribution in [-0.2, 0) is 10.8 Å². The van der Waals surface area contributed by atoms with E-state index in [-0.39, 0.29) is 10.8 Å². The molecule has 0 bridgehead atoms. The minimum Gasteiger partial charge on any atom is -0.398 e. The number of nitrogens with zero attached hydrogens (tertiary/aromatic N) is 3. The Hall–Kier alpha value is -10.4. The molecular weight excluding hydrogens is 1150 g/mol. The van der Waals surface area contributed by atoms with Gasteiger partial charge in [-0.05, 0) is 158 Å². The van der Waals surface area contributed by atoms with Gasteiger partial charge in [-0.2, -0.15) is 0 Å². The number of aromatic nitrogens is 2. The second kappa shape index (κ2) is 24.2. The molecule has 2 aromatic heterocycles. The number of hydrogen-bond donors (Lipinski definition) is 1.